The minimum atomic E-state index is -0.736. The Balaban J connectivity index is 2.38. The molecule has 0 aliphatic rings. The molecule has 0 saturated heterocycles. The van der Waals surface area contributed by atoms with Gasteiger partial charge in [-0.25, -0.2) is 0 Å². The van der Waals surface area contributed by atoms with Crippen LogP contribution in [0.2, 0.25) is 6.55 Å². The first-order chi connectivity index (χ1) is 8.83. The fraction of sp³-hybridized carbons (Fsp3) is 0.133. The summed E-state index contributed by atoms with van der Waals surface area (Å²) < 4.78 is 5.31. The van der Waals surface area contributed by atoms with E-state index in [-0.39, 0.29) is 11.9 Å². The highest BCUT2D eigenvalue weighted by atomic mass is 28.2. The van der Waals surface area contributed by atoms with Crippen molar-refractivity contribution in [3.63, 3.8) is 0 Å². The quantitative estimate of drug-likeness (QED) is 0.786. The van der Waals surface area contributed by atoms with Gasteiger partial charge in [0.25, 0.3) is 0 Å². The topological polar surface area (TPSA) is 26.3 Å². The lowest BCUT2D eigenvalue weighted by molar-refractivity contribution is -0.135. The Labute approximate surface area is 110 Å². The van der Waals surface area contributed by atoms with Crippen LogP contribution in [0.25, 0.3) is 0 Å². The van der Waals surface area contributed by atoms with Gasteiger partial charge in [0.2, 0.25) is 9.76 Å². The van der Waals surface area contributed by atoms with Crippen LogP contribution in [0, 0.1) is 0 Å². The van der Waals surface area contributed by atoms with Crippen molar-refractivity contribution in [2.45, 2.75) is 12.5 Å². The summed E-state index contributed by atoms with van der Waals surface area (Å²) in [5.74, 6) is -0.443. The lowest BCUT2D eigenvalue weighted by atomic mass is 9.91. The Bertz CT molecular complexity index is 457. The highest BCUT2D eigenvalue weighted by molar-refractivity contribution is 6.28. The molecule has 0 amide bonds. The van der Waals surface area contributed by atoms with Crippen LogP contribution in [0.4, 0.5) is 0 Å². The van der Waals surface area contributed by atoms with Crippen LogP contribution in [-0.2, 0) is 9.22 Å². The Morgan fingerprint density at radius 1 is 0.944 bits per heavy atom. The van der Waals surface area contributed by atoms with Gasteiger partial charge in [-0.15, -0.1) is 0 Å². The molecule has 3 heteroatoms. The van der Waals surface area contributed by atoms with Gasteiger partial charge in [0.15, 0.2) is 0 Å². The molecule has 92 valence electrons. The SMILES string of the molecule is C[SiH2]OC(=O)C(c1ccccc1)c1ccccc1. The van der Waals surface area contributed by atoms with E-state index in [0.717, 1.165) is 11.1 Å². The standard InChI is InChI=1S/C15H16O2Si/c1-18-17-15(16)14(12-8-4-2-5-9-12)13-10-6-3-7-11-13/h2-11,14H,18H2,1H3. The van der Waals surface area contributed by atoms with E-state index >= 15 is 0 Å². The van der Waals surface area contributed by atoms with E-state index < -0.39 is 9.76 Å². The van der Waals surface area contributed by atoms with Crippen LogP contribution in [-0.4, -0.2) is 15.7 Å². The molecule has 0 radical (unpaired) electrons. The average molecular weight is 256 g/mol. The molecule has 0 spiro atoms. The number of carbonyl (C=O) groups is 1. The summed E-state index contributed by atoms with van der Waals surface area (Å²) >= 11 is 0. The highest BCUT2D eigenvalue weighted by Crippen LogP contribution is 2.25. The molecule has 2 aromatic rings. The van der Waals surface area contributed by atoms with Crippen molar-refractivity contribution in [1.29, 1.82) is 0 Å². The Morgan fingerprint density at radius 3 is 1.78 bits per heavy atom. The fourth-order valence-electron chi connectivity index (χ4n) is 1.98. The van der Waals surface area contributed by atoms with E-state index in [4.69, 9.17) is 4.43 Å². The molecule has 2 aromatic carbocycles. The zero-order chi connectivity index (χ0) is 12.8. The van der Waals surface area contributed by atoms with E-state index in [9.17, 15) is 4.79 Å². The number of carbonyl (C=O) groups excluding carboxylic acids is 1. The minimum Gasteiger partial charge on any atom is -0.525 e. The predicted octanol–water partition coefficient (Wildman–Crippen LogP) is 2.49. The second-order valence-corrected chi connectivity index (χ2v) is 4.87. The largest absolute Gasteiger partial charge is 0.525 e. The number of hydrogen-bond donors (Lipinski definition) is 0. The van der Waals surface area contributed by atoms with Gasteiger partial charge < -0.3 is 4.43 Å². The second kappa shape index (κ2) is 6.17. The maximum atomic E-state index is 12.2. The van der Waals surface area contributed by atoms with Gasteiger partial charge in [0.05, 0.1) is 0 Å². The fourth-order valence-corrected chi connectivity index (χ4v) is 2.43. The summed E-state index contributed by atoms with van der Waals surface area (Å²) in [6.07, 6.45) is 0. The maximum Gasteiger partial charge on any atom is 0.304 e. The summed E-state index contributed by atoms with van der Waals surface area (Å²) in [6.45, 7) is 1.96. The predicted molar refractivity (Wildman–Crippen MR) is 75.2 cm³/mol. The molecule has 0 N–H and O–H groups in total. The van der Waals surface area contributed by atoms with Gasteiger partial charge in [-0.1, -0.05) is 60.7 Å². The number of hydrogen-bond acceptors (Lipinski definition) is 2. The lowest BCUT2D eigenvalue weighted by Crippen LogP contribution is -2.18. The first-order valence-corrected chi connectivity index (χ1v) is 8.08. The summed E-state index contributed by atoms with van der Waals surface area (Å²) in [7, 11) is -0.736. The molecular weight excluding hydrogens is 240 g/mol. The molecule has 0 unspecified atom stereocenters. The first-order valence-electron chi connectivity index (χ1n) is 6.09. The van der Waals surface area contributed by atoms with Crippen molar-refractivity contribution in [3.8, 4) is 0 Å². The van der Waals surface area contributed by atoms with E-state index in [1.54, 1.807) is 0 Å². The zero-order valence-electron chi connectivity index (χ0n) is 10.4. The van der Waals surface area contributed by atoms with Crippen LogP contribution in [0.15, 0.2) is 60.7 Å². The van der Waals surface area contributed by atoms with E-state index in [1.165, 1.54) is 0 Å². The van der Waals surface area contributed by atoms with Crippen molar-refractivity contribution in [3.05, 3.63) is 71.8 Å². The molecule has 0 bridgehead atoms. The van der Waals surface area contributed by atoms with Crippen molar-refractivity contribution < 1.29 is 9.22 Å². The molecule has 2 nitrogen and oxygen atoms in total. The molecule has 0 aromatic heterocycles. The first kappa shape index (κ1) is 12.6. The number of benzene rings is 2. The van der Waals surface area contributed by atoms with Crippen LogP contribution >= 0.6 is 0 Å². The van der Waals surface area contributed by atoms with Gasteiger partial charge in [-0.05, 0) is 17.7 Å². The third kappa shape index (κ3) is 2.87. The van der Waals surface area contributed by atoms with Crippen LogP contribution in [0.1, 0.15) is 17.0 Å². The number of rotatable bonds is 4. The molecule has 0 aliphatic carbocycles. The molecule has 0 saturated carbocycles. The third-order valence-corrected chi connectivity index (χ3v) is 3.36. The normalized spacial score (nSPS) is 11.0. The monoisotopic (exact) mass is 256 g/mol. The smallest absolute Gasteiger partial charge is 0.304 e. The molecule has 18 heavy (non-hydrogen) atoms. The van der Waals surface area contributed by atoms with Crippen LogP contribution in [0.5, 0.6) is 0 Å². The Morgan fingerprint density at radius 2 is 1.39 bits per heavy atom. The summed E-state index contributed by atoms with van der Waals surface area (Å²) in [4.78, 5) is 12.2. The summed E-state index contributed by atoms with van der Waals surface area (Å²) in [5.41, 5.74) is 1.97. The third-order valence-electron chi connectivity index (χ3n) is 2.79. The second-order valence-electron chi connectivity index (χ2n) is 4.01. The van der Waals surface area contributed by atoms with Gasteiger partial charge in [-0.2, -0.15) is 0 Å². The van der Waals surface area contributed by atoms with Crippen molar-refractivity contribution in [2.75, 3.05) is 0 Å². The minimum absolute atomic E-state index is 0.137. The van der Waals surface area contributed by atoms with Crippen molar-refractivity contribution in [2.24, 2.45) is 0 Å². The van der Waals surface area contributed by atoms with Gasteiger partial charge in [-0.3, -0.25) is 4.79 Å². The molecule has 0 atom stereocenters. The molecule has 0 fully saturated rings. The average Bonchev–Trinajstić information content (AvgIpc) is 2.42. The summed E-state index contributed by atoms with van der Waals surface area (Å²) in [5, 5.41) is 0. The van der Waals surface area contributed by atoms with Gasteiger partial charge in [0, 0.05) is 0 Å². The van der Waals surface area contributed by atoms with Crippen molar-refractivity contribution in [1.82, 2.24) is 0 Å². The van der Waals surface area contributed by atoms with Crippen LogP contribution < -0.4 is 0 Å². The van der Waals surface area contributed by atoms with Crippen LogP contribution in [0.3, 0.4) is 0 Å². The highest BCUT2D eigenvalue weighted by Gasteiger charge is 2.22. The molecule has 2 rings (SSSR count). The molecular formula is C15H16O2Si. The van der Waals surface area contributed by atoms with Crippen molar-refractivity contribution >= 4 is 15.7 Å². The van der Waals surface area contributed by atoms with Gasteiger partial charge >= 0.3 is 5.97 Å². The Hall–Kier alpha value is -1.87. The Kier molecular flexibility index (Phi) is 4.31. The molecule has 0 aliphatic heterocycles. The van der Waals surface area contributed by atoms with Gasteiger partial charge in [0.1, 0.15) is 5.92 Å². The summed E-state index contributed by atoms with van der Waals surface area (Å²) in [6, 6.07) is 19.6. The lowest BCUT2D eigenvalue weighted by Gasteiger charge is -2.16. The zero-order valence-corrected chi connectivity index (χ0v) is 11.8. The van der Waals surface area contributed by atoms with E-state index in [0.29, 0.717) is 0 Å². The maximum absolute atomic E-state index is 12.2. The molecule has 0 heterocycles. The van der Waals surface area contributed by atoms with E-state index in [2.05, 4.69) is 0 Å². The van der Waals surface area contributed by atoms with E-state index in [1.807, 2.05) is 67.2 Å².